The summed E-state index contributed by atoms with van der Waals surface area (Å²) in [5.41, 5.74) is 2.54. The van der Waals surface area contributed by atoms with Crippen molar-refractivity contribution in [2.45, 2.75) is 32.0 Å². The van der Waals surface area contributed by atoms with Crippen LogP contribution in [0.5, 0.6) is 11.5 Å². The van der Waals surface area contributed by atoms with Gasteiger partial charge in [0.05, 0.1) is 14.2 Å². The van der Waals surface area contributed by atoms with Gasteiger partial charge >= 0.3 is 0 Å². The monoisotopic (exact) mass is 375 g/mol. The number of nitrogens with zero attached hydrogens (tertiary/aromatic N) is 1. The number of hydrogen-bond donors (Lipinski definition) is 0. The Morgan fingerprint density at radius 2 is 1.74 bits per heavy atom. The molecule has 2 aromatic rings. The molecule has 0 aliphatic heterocycles. The van der Waals surface area contributed by atoms with Gasteiger partial charge < -0.3 is 9.47 Å². The molecule has 3 rings (SSSR count). The topological polar surface area (TPSA) is 21.7 Å². The van der Waals surface area contributed by atoms with Crippen molar-refractivity contribution in [1.29, 1.82) is 0 Å². The fraction of sp³-hybridized carbons (Fsp3) is 0.368. The normalized spacial score (nSPS) is 14.1. The van der Waals surface area contributed by atoms with Crippen molar-refractivity contribution >= 4 is 15.9 Å². The standard InChI is InChI=1S/C19H22BrNO2/c1-22-18-8-3-14(4-9-18)12-21(17-6-7-17)13-15-11-16(20)5-10-19(15)23-2/h3-5,8-11,17H,6-7,12-13H2,1-2H3. The van der Waals surface area contributed by atoms with E-state index >= 15 is 0 Å². The SMILES string of the molecule is COc1ccc(CN(Cc2cc(Br)ccc2OC)C2CC2)cc1. The van der Waals surface area contributed by atoms with Gasteiger partial charge in [-0.2, -0.15) is 0 Å². The van der Waals surface area contributed by atoms with Gasteiger partial charge in [0.25, 0.3) is 0 Å². The van der Waals surface area contributed by atoms with E-state index < -0.39 is 0 Å². The second-order valence-corrected chi connectivity index (χ2v) is 6.86. The third-order valence-corrected chi connectivity index (χ3v) is 4.72. The maximum Gasteiger partial charge on any atom is 0.123 e. The predicted molar refractivity (Wildman–Crippen MR) is 96.0 cm³/mol. The molecular formula is C19H22BrNO2. The number of benzene rings is 2. The fourth-order valence-corrected chi connectivity index (χ4v) is 3.22. The van der Waals surface area contributed by atoms with E-state index in [-0.39, 0.29) is 0 Å². The van der Waals surface area contributed by atoms with Crippen LogP contribution in [0.3, 0.4) is 0 Å². The van der Waals surface area contributed by atoms with Gasteiger partial charge in [0, 0.05) is 29.2 Å². The summed E-state index contributed by atoms with van der Waals surface area (Å²) in [6.07, 6.45) is 2.57. The van der Waals surface area contributed by atoms with Gasteiger partial charge in [-0.1, -0.05) is 28.1 Å². The summed E-state index contributed by atoms with van der Waals surface area (Å²) >= 11 is 3.56. The molecular weight excluding hydrogens is 354 g/mol. The summed E-state index contributed by atoms with van der Waals surface area (Å²) in [6, 6.07) is 15.2. The van der Waals surface area contributed by atoms with Crippen LogP contribution in [-0.2, 0) is 13.1 Å². The van der Waals surface area contributed by atoms with Crippen LogP contribution in [0.2, 0.25) is 0 Å². The summed E-state index contributed by atoms with van der Waals surface area (Å²) < 4.78 is 11.8. The number of methoxy groups -OCH3 is 2. The molecule has 0 saturated heterocycles. The molecule has 23 heavy (non-hydrogen) atoms. The second kappa shape index (κ2) is 7.37. The highest BCUT2D eigenvalue weighted by molar-refractivity contribution is 9.10. The highest BCUT2D eigenvalue weighted by atomic mass is 79.9. The van der Waals surface area contributed by atoms with Gasteiger partial charge in [0.15, 0.2) is 0 Å². The Morgan fingerprint density at radius 3 is 2.35 bits per heavy atom. The first-order chi connectivity index (χ1) is 11.2. The molecule has 0 unspecified atom stereocenters. The predicted octanol–water partition coefficient (Wildman–Crippen LogP) is 4.63. The van der Waals surface area contributed by atoms with E-state index in [9.17, 15) is 0 Å². The van der Waals surface area contributed by atoms with Crippen LogP contribution < -0.4 is 9.47 Å². The van der Waals surface area contributed by atoms with Gasteiger partial charge in [-0.3, -0.25) is 4.90 Å². The molecule has 0 bridgehead atoms. The molecule has 4 heteroatoms. The van der Waals surface area contributed by atoms with E-state index in [0.29, 0.717) is 6.04 Å². The number of rotatable bonds is 7. The molecule has 2 aromatic carbocycles. The van der Waals surface area contributed by atoms with Gasteiger partial charge in [-0.25, -0.2) is 0 Å². The van der Waals surface area contributed by atoms with Gasteiger partial charge in [0.1, 0.15) is 11.5 Å². The van der Waals surface area contributed by atoms with E-state index in [2.05, 4.69) is 39.0 Å². The van der Waals surface area contributed by atoms with Crippen molar-refractivity contribution in [1.82, 2.24) is 4.90 Å². The molecule has 122 valence electrons. The molecule has 1 saturated carbocycles. The van der Waals surface area contributed by atoms with E-state index in [1.807, 2.05) is 24.3 Å². The van der Waals surface area contributed by atoms with E-state index in [4.69, 9.17) is 9.47 Å². The van der Waals surface area contributed by atoms with Crippen LogP contribution >= 0.6 is 15.9 Å². The second-order valence-electron chi connectivity index (χ2n) is 5.94. The minimum atomic E-state index is 0.681. The van der Waals surface area contributed by atoms with Gasteiger partial charge in [0.2, 0.25) is 0 Å². The van der Waals surface area contributed by atoms with Crippen LogP contribution in [0.25, 0.3) is 0 Å². The average molecular weight is 376 g/mol. The summed E-state index contributed by atoms with van der Waals surface area (Å²) in [7, 11) is 3.43. The van der Waals surface area contributed by atoms with Crippen molar-refractivity contribution in [2.75, 3.05) is 14.2 Å². The average Bonchev–Trinajstić information content (AvgIpc) is 3.40. The van der Waals surface area contributed by atoms with E-state index in [1.54, 1.807) is 14.2 Å². The van der Waals surface area contributed by atoms with Crippen LogP contribution in [0.15, 0.2) is 46.9 Å². The minimum Gasteiger partial charge on any atom is -0.497 e. The van der Waals surface area contributed by atoms with Crippen molar-refractivity contribution in [3.63, 3.8) is 0 Å². The van der Waals surface area contributed by atoms with Crippen LogP contribution in [-0.4, -0.2) is 25.2 Å². The van der Waals surface area contributed by atoms with Crippen molar-refractivity contribution in [3.05, 3.63) is 58.1 Å². The van der Waals surface area contributed by atoms with Crippen LogP contribution in [0.4, 0.5) is 0 Å². The highest BCUT2D eigenvalue weighted by Gasteiger charge is 2.29. The Hall–Kier alpha value is -1.52. The molecule has 0 amide bonds. The maximum absolute atomic E-state index is 5.52. The molecule has 0 heterocycles. The fourth-order valence-electron chi connectivity index (χ4n) is 2.81. The summed E-state index contributed by atoms with van der Waals surface area (Å²) in [5.74, 6) is 1.86. The molecule has 0 atom stereocenters. The minimum absolute atomic E-state index is 0.681. The van der Waals surface area contributed by atoms with Crippen LogP contribution in [0.1, 0.15) is 24.0 Å². The zero-order valence-electron chi connectivity index (χ0n) is 13.6. The zero-order valence-corrected chi connectivity index (χ0v) is 15.2. The van der Waals surface area contributed by atoms with E-state index in [1.165, 1.54) is 24.0 Å². The molecule has 1 aliphatic rings. The Labute approximate surface area is 146 Å². The smallest absolute Gasteiger partial charge is 0.123 e. The molecule has 0 spiro atoms. The first-order valence-electron chi connectivity index (χ1n) is 7.89. The van der Waals surface area contributed by atoms with Crippen molar-refractivity contribution in [3.8, 4) is 11.5 Å². The van der Waals surface area contributed by atoms with Gasteiger partial charge in [-0.05, 0) is 48.7 Å². The first kappa shape index (κ1) is 16.3. The van der Waals surface area contributed by atoms with Crippen molar-refractivity contribution in [2.24, 2.45) is 0 Å². The van der Waals surface area contributed by atoms with Gasteiger partial charge in [-0.15, -0.1) is 0 Å². The van der Waals surface area contributed by atoms with Crippen LogP contribution in [0, 0.1) is 0 Å². The summed E-state index contributed by atoms with van der Waals surface area (Å²) in [6.45, 7) is 1.85. The lowest BCUT2D eigenvalue weighted by molar-refractivity contribution is 0.241. The Kier molecular flexibility index (Phi) is 5.23. The molecule has 0 radical (unpaired) electrons. The molecule has 0 aromatic heterocycles. The zero-order chi connectivity index (χ0) is 16.2. The number of hydrogen-bond acceptors (Lipinski definition) is 3. The third-order valence-electron chi connectivity index (χ3n) is 4.22. The molecule has 1 fully saturated rings. The molecule has 0 N–H and O–H groups in total. The summed E-state index contributed by atoms with van der Waals surface area (Å²) in [4.78, 5) is 2.53. The number of halogens is 1. The first-order valence-corrected chi connectivity index (χ1v) is 8.68. The summed E-state index contributed by atoms with van der Waals surface area (Å²) in [5, 5.41) is 0. The highest BCUT2D eigenvalue weighted by Crippen LogP contribution is 2.32. The number of ether oxygens (including phenoxy) is 2. The third kappa shape index (κ3) is 4.27. The largest absolute Gasteiger partial charge is 0.497 e. The lowest BCUT2D eigenvalue weighted by Crippen LogP contribution is -2.25. The maximum atomic E-state index is 5.52. The molecule has 1 aliphatic carbocycles. The Morgan fingerprint density at radius 1 is 1.00 bits per heavy atom. The Bertz CT molecular complexity index is 653. The molecule has 3 nitrogen and oxygen atoms in total. The Balaban J connectivity index is 1.75. The van der Waals surface area contributed by atoms with E-state index in [0.717, 1.165) is 29.1 Å². The lowest BCUT2D eigenvalue weighted by atomic mass is 10.1. The lowest BCUT2D eigenvalue weighted by Gasteiger charge is -2.23. The quantitative estimate of drug-likeness (QED) is 0.703. The van der Waals surface area contributed by atoms with Crippen molar-refractivity contribution < 1.29 is 9.47 Å².